The van der Waals surface area contributed by atoms with Crippen LogP contribution in [0.5, 0.6) is 0 Å². The third-order valence-electron chi connectivity index (χ3n) is 2.84. The SMILES string of the molecule is CC(C)n1c(CO)nnc1Cc1ccc(Cl)c(Cl)c1. The summed E-state index contributed by atoms with van der Waals surface area (Å²) in [6.45, 7) is 3.94. The van der Waals surface area contributed by atoms with E-state index in [2.05, 4.69) is 10.2 Å². The van der Waals surface area contributed by atoms with E-state index in [0.717, 1.165) is 11.4 Å². The number of rotatable bonds is 4. The minimum Gasteiger partial charge on any atom is -0.388 e. The van der Waals surface area contributed by atoms with Crippen molar-refractivity contribution in [2.45, 2.75) is 32.9 Å². The summed E-state index contributed by atoms with van der Waals surface area (Å²) in [4.78, 5) is 0. The third-order valence-corrected chi connectivity index (χ3v) is 3.58. The average Bonchev–Trinajstić information content (AvgIpc) is 2.77. The van der Waals surface area contributed by atoms with Gasteiger partial charge in [-0.1, -0.05) is 29.3 Å². The summed E-state index contributed by atoms with van der Waals surface area (Å²) in [6, 6.07) is 5.69. The Kier molecular flexibility index (Phi) is 4.45. The van der Waals surface area contributed by atoms with E-state index < -0.39 is 0 Å². The summed E-state index contributed by atoms with van der Waals surface area (Å²) in [5.74, 6) is 1.38. The maximum Gasteiger partial charge on any atom is 0.159 e. The Morgan fingerprint density at radius 3 is 2.42 bits per heavy atom. The maximum atomic E-state index is 9.27. The van der Waals surface area contributed by atoms with Gasteiger partial charge < -0.3 is 9.67 Å². The summed E-state index contributed by atoms with van der Waals surface area (Å²) in [6.07, 6.45) is 0.599. The molecule has 0 atom stereocenters. The Morgan fingerprint density at radius 2 is 1.84 bits per heavy atom. The predicted octanol–water partition coefficient (Wildman–Crippen LogP) is 3.25. The van der Waals surface area contributed by atoms with Crippen LogP contribution in [0.2, 0.25) is 10.0 Å². The molecule has 0 fully saturated rings. The fourth-order valence-corrected chi connectivity index (χ4v) is 2.34. The molecule has 0 amide bonds. The second-order valence-corrected chi connectivity index (χ2v) is 5.39. The zero-order valence-electron chi connectivity index (χ0n) is 10.8. The van der Waals surface area contributed by atoms with Gasteiger partial charge in [0.2, 0.25) is 0 Å². The monoisotopic (exact) mass is 299 g/mol. The molecule has 1 aromatic carbocycles. The smallest absolute Gasteiger partial charge is 0.159 e. The molecule has 102 valence electrons. The number of hydrogen-bond donors (Lipinski definition) is 1. The number of halogens is 2. The van der Waals surface area contributed by atoms with Crippen molar-refractivity contribution in [3.05, 3.63) is 45.5 Å². The highest BCUT2D eigenvalue weighted by molar-refractivity contribution is 6.42. The van der Waals surface area contributed by atoms with Gasteiger partial charge in [0, 0.05) is 12.5 Å². The summed E-state index contributed by atoms with van der Waals surface area (Å²) < 4.78 is 1.93. The molecule has 0 unspecified atom stereocenters. The third kappa shape index (κ3) is 3.08. The molecule has 0 saturated carbocycles. The van der Waals surface area contributed by atoms with Crippen molar-refractivity contribution in [2.75, 3.05) is 0 Å². The standard InChI is InChI=1S/C13H15Cl2N3O/c1-8(2)18-12(16-17-13(18)7-19)6-9-3-4-10(14)11(15)5-9/h3-5,8,19H,6-7H2,1-2H3. The summed E-state index contributed by atoms with van der Waals surface area (Å²) in [5.41, 5.74) is 1.01. The lowest BCUT2D eigenvalue weighted by atomic mass is 10.1. The summed E-state index contributed by atoms with van der Waals surface area (Å²) in [5, 5.41) is 18.5. The lowest BCUT2D eigenvalue weighted by Gasteiger charge is -2.13. The highest BCUT2D eigenvalue weighted by atomic mass is 35.5. The molecule has 0 bridgehead atoms. The molecule has 19 heavy (non-hydrogen) atoms. The van der Waals surface area contributed by atoms with Crippen molar-refractivity contribution in [3.8, 4) is 0 Å². The Morgan fingerprint density at radius 1 is 1.16 bits per heavy atom. The van der Waals surface area contributed by atoms with Crippen molar-refractivity contribution >= 4 is 23.2 Å². The highest BCUT2D eigenvalue weighted by Crippen LogP contribution is 2.24. The van der Waals surface area contributed by atoms with E-state index in [1.54, 1.807) is 6.07 Å². The molecule has 0 aliphatic heterocycles. The van der Waals surface area contributed by atoms with Crippen molar-refractivity contribution in [1.82, 2.24) is 14.8 Å². The molecular weight excluding hydrogens is 285 g/mol. The number of aliphatic hydroxyl groups excluding tert-OH is 1. The van der Waals surface area contributed by atoms with E-state index in [9.17, 15) is 5.11 Å². The zero-order valence-corrected chi connectivity index (χ0v) is 12.3. The van der Waals surface area contributed by atoms with Gasteiger partial charge in [-0.25, -0.2) is 0 Å². The van der Waals surface area contributed by atoms with E-state index in [1.165, 1.54) is 0 Å². The molecule has 1 aromatic heterocycles. The number of aliphatic hydroxyl groups is 1. The minimum atomic E-state index is -0.118. The van der Waals surface area contributed by atoms with E-state index in [-0.39, 0.29) is 12.6 Å². The molecule has 1 N–H and O–H groups in total. The minimum absolute atomic E-state index is 0.118. The Balaban J connectivity index is 2.32. The maximum absolute atomic E-state index is 9.27. The van der Waals surface area contributed by atoms with Gasteiger partial charge in [-0.15, -0.1) is 10.2 Å². The van der Waals surface area contributed by atoms with Crippen molar-refractivity contribution in [2.24, 2.45) is 0 Å². The van der Waals surface area contributed by atoms with Crippen LogP contribution in [0.1, 0.15) is 37.1 Å². The van der Waals surface area contributed by atoms with Gasteiger partial charge in [-0.3, -0.25) is 0 Å². The predicted molar refractivity (Wildman–Crippen MR) is 75.6 cm³/mol. The number of benzene rings is 1. The molecule has 0 aliphatic carbocycles. The van der Waals surface area contributed by atoms with Crippen LogP contribution < -0.4 is 0 Å². The van der Waals surface area contributed by atoms with Crippen LogP contribution in [0.15, 0.2) is 18.2 Å². The highest BCUT2D eigenvalue weighted by Gasteiger charge is 2.14. The first-order chi connectivity index (χ1) is 9.02. The first-order valence-corrected chi connectivity index (χ1v) is 6.76. The number of nitrogens with zero attached hydrogens (tertiary/aromatic N) is 3. The lowest BCUT2D eigenvalue weighted by Crippen LogP contribution is -2.10. The number of aromatic nitrogens is 3. The topological polar surface area (TPSA) is 50.9 Å². The summed E-state index contributed by atoms with van der Waals surface area (Å²) >= 11 is 11.9. The lowest BCUT2D eigenvalue weighted by molar-refractivity contribution is 0.261. The fourth-order valence-electron chi connectivity index (χ4n) is 2.02. The quantitative estimate of drug-likeness (QED) is 0.943. The van der Waals surface area contributed by atoms with Gasteiger partial charge in [-0.2, -0.15) is 0 Å². The zero-order chi connectivity index (χ0) is 14.0. The van der Waals surface area contributed by atoms with Crippen LogP contribution in [0, 0.1) is 0 Å². The van der Waals surface area contributed by atoms with Crippen LogP contribution in [0.3, 0.4) is 0 Å². The van der Waals surface area contributed by atoms with Crippen LogP contribution in [-0.2, 0) is 13.0 Å². The van der Waals surface area contributed by atoms with Crippen molar-refractivity contribution in [3.63, 3.8) is 0 Å². The van der Waals surface area contributed by atoms with Gasteiger partial charge in [0.05, 0.1) is 10.0 Å². The average molecular weight is 300 g/mol. The second-order valence-electron chi connectivity index (χ2n) is 4.58. The molecule has 1 heterocycles. The van der Waals surface area contributed by atoms with Gasteiger partial charge >= 0.3 is 0 Å². The molecular formula is C13H15Cl2N3O. The van der Waals surface area contributed by atoms with Crippen LogP contribution in [-0.4, -0.2) is 19.9 Å². The molecule has 2 rings (SSSR count). The Labute approximate surface area is 122 Å². The molecule has 4 nitrogen and oxygen atoms in total. The Hall–Kier alpha value is -1.10. The first kappa shape index (κ1) is 14.3. The largest absolute Gasteiger partial charge is 0.388 e. The fraction of sp³-hybridized carbons (Fsp3) is 0.385. The molecule has 0 saturated heterocycles. The van der Waals surface area contributed by atoms with E-state index in [4.69, 9.17) is 23.2 Å². The van der Waals surface area contributed by atoms with Gasteiger partial charge in [0.15, 0.2) is 5.82 Å². The molecule has 2 aromatic rings. The molecule has 0 radical (unpaired) electrons. The van der Waals surface area contributed by atoms with Crippen molar-refractivity contribution in [1.29, 1.82) is 0 Å². The molecule has 0 spiro atoms. The summed E-state index contributed by atoms with van der Waals surface area (Å²) in [7, 11) is 0. The van der Waals surface area contributed by atoms with Crippen LogP contribution in [0.25, 0.3) is 0 Å². The van der Waals surface area contributed by atoms with Gasteiger partial charge in [0.25, 0.3) is 0 Å². The molecule has 0 aliphatic rings. The van der Waals surface area contributed by atoms with E-state index in [0.29, 0.717) is 22.3 Å². The first-order valence-electron chi connectivity index (χ1n) is 6.00. The van der Waals surface area contributed by atoms with E-state index in [1.807, 2.05) is 30.5 Å². The van der Waals surface area contributed by atoms with Crippen LogP contribution >= 0.6 is 23.2 Å². The van der Waals surface area contributed by atoms with Crippen LogP contribution in [0.4, 0.5) is 0 Å². The number of hydrogen-bond acceptors (Lipinski definition) is 3. The second kappa shape index (κ2) is 5.90. The normalized spacial score (nSPS) is 11.3. The van der Waals surface area contributed by atoms with E-state index >= 15 is 0 Å². The van der Waals surface area contributed by atoms with Gasteiger partial charge in [-0.05, 0) is 31.5 Å². The molecule has 6 heteroatoms. The van der Waals surface area contributed by atoms with Crippen molar-refractivity contribution < 1.29 is 5.11 Å². The van der Waals surface area contributed by atoms with Gasteiger partial charge in [0.1, 0.15) is 12.4 Å². The Bertz CT molecular complexity index is 581.